The molecule has 0 atom stereocenters. The van der Waals surface area contributed by atoms with Crippen LogP contribution >= 0.6 is 0 Å². The number of hydrogen-bond donors (Lipinski definition) is 0. The first-order valence-electron chi connectivity index (χ1n) is 19.5. The lowest BCUT2D eigenvalue weighted by Crippen LogP contribution is -1.94. The van der Waals surface area contributed by atoms with Gasteiger partial charge < -0.3 is 13.6 Å². The lowest BCUT2D eigenvalue weighted by Gasteiger charge is -2.11. The molecule has 0 unspecified atom stereocenters. The molecular weight excluding hydrogens is 693 g/mol. The van der Waals surface area contributed by atoms with Gasteiger partial charge in [-0.05, 0) is 100 Å². The normalized spacial score (nSPS) is 11.9. The van der Waals surface area contributed by atoms with Gasteiger partial charge in [-0.25, -0.2) is 0 Å². The van der Waals surface area contributed by atoms with E-state index < -0.39 is 0 Å². The van der Waals surface area contributed by atoms with E-state index >= 15 is 0 Å². The Hall–Kier alpha value is -7.62. The molecule has 0 saturated heterocycles. The zero-order chi connectivity index (χ0) is 37.5. The van der Waals surface area contributed by atoms with Crippen molar-refractivity contribution in [2.24, 2.45) is 0 Å². The molecule has 9 aromatic carbocycles. The monoisotopic (exact) mass is 726 g/mol. The smallest absolute Gasteiger partial charge is 0.137 e. The summed E-state index contributed by atoms with van der Waals surface area (Å²) >= 11 is 0. The second-order valence-corrected chi connectivity index (χ2v) is 14.9. The van der Waals surface area contributed by atoms with Crippen LogP contribution in [0.3, 0.4) is 0 Å². The zero-order valence-corrected chi connectivity index (χ0v) is 30.9. The molecule has 266 valence electrons. The van der Waals surface area contributed by atoms with Gasteiger partial charge in [-0.15, -0.1) is 0 Å². The largest absolute Gasteiger partial charge is 0.456 e. The maximum Gasteiger partial charge on any atom is 0.137 e. The van der Waals surface area contributed by atoms with Gasteiger partial charge in [0.15, 0.2) is 0 Å². The Morgan fingerprint density at radius 2 is 0.860 bits per heavy atom. The average Bonchev–Trinajstić information content (AvgIpc) is 3.94. The van der Waals surface area contributed by atoms with Crippen LogP contribution in [0, 0.1) is 0 Å². The second kappa shape index (κ2) is 12.5. The molecule has 57 heavy (non-hydrogen) atoms. The highest BCUT2D eigenvalue weighted by Gasteiger charge is 2.20. The van der Waals surface area contributed by atoms with Gasteiger partial charge >= 0.3 is 0 Å². The van der Waals surface area contributed by atoms with Gasteiger partial charge in [-0.2, -0.15) is 0 Å². The highest BCUT2D eigenvalue weighted by Crippen LogP contribution is 2.43. The molecule has 3 nitrogen and oxygen atoms in total. The Bertz CT molecular complexity index is 3490. The van der Waals surface area contributed by atoms with Crippen molar-refractivity contribution < 1.29 is 4.42 Å². The summed E-state index contributed by atoms with van der Waals surface area (Å²) in [7, 11) is 0. The predicted octanol–water partition coefficient (Wildman–Crippen LogP) is 14.8. The summed E-state index contributed by atoms with van der Waals surface area (Å²) in [4.78, 5) is 0. The Morgan fingerprint density at radius 3 is 1.65 bits per heavy atom. The molecule has 3 heteroatoms. The van der Waals surface area contributed by atoms with Crippen LogP contribution in [0.25, 0.3) is 110 Å². The molecule has 3 aromatic heterocycles. The average molecular weight is 727 g/mol. The van der Waals surface area contributed by atoms with Crippen molar-refractivity contribution in [1.82, 2.24) is 9.13 Å². The molecule has 0 saturated carbocycles. The summed E-state index contributed by atoms with van der Waals surface area (Å²) in [5, 5.41) is 7.19. The van der Waals surface area contributed by atoms with E-state index in [2.05, 4.69) is 209 Å². The topological polar surface area (TPSA) is 23.0 Å². The molecule has 12 rings (SSSR count). The first-order chi connectivity index (χ1) is 28.3. The minimum Gasteiger partial charge on any atom is -0.456 e. The van der Waals surface area contributed by atoms with Crippen molar-refractivity contribution in [3.63, 3.8) is 0 Å². The number of para-hydroxylation sites is 2. The fourth-order valence-corrected chi connectivity index (χ4v) is 9.17. The van der Waals surface area contributed by atoms with Crippen molar-refractivity contribution in [1.29, 1.82) is 0 Å². The zero-order valence-electron chi connectivity index (χ0n) is 30.9. The number of fused-ring (bicyclic) bond motifs is 9. The van der Waals surface area contributed by atoms with E-state index in [1.807, 2.05) is 6.07 Å². The van der Waals surface area contributed by atoms with Crippen molar-refractivity contribution in [2.45, 2.75) is 0 Å². The van der Waals surface area contributed by atoms with Crippen LogP contribution in [0.4, 0.5) is 0 Å². The highest BCUT2D eigenvalue weighted by molar-refractivity contribution is 6.18. The van der Waals surface area contributed by atoms with E-state index in [1.165, 1.54) is 77.0 Å². The molecule has 3 heterocycles. The van der Waals surface area contributed by atoms with Gasteiger partial charge in [-0.3, -0.25) is 0 Å². The van der Waals surface area contributed by atoms with Gasteiger partial charge in [0.2, 0.25) is 0 Å². The number of aromatic nitrogens is 2. The summed E-state index contributed by atoms with van der Waals surface area (Å²) in [5.74, 6) is 0. The quantitative estimate of drug-likeness (QED) is 0.173. The fourth-order valence-electron chi connectivity index (χ4n) is 9.17. The van der Waals surface area contributed by atoms with Crippen LogP contribution in [0.1, 0.15) is 0 Å². The van der Waals surface area contributed by atoms with E-state index in [4.69, 9.17) is 4.42 Å². The van der Waals surface area contributed by atoms with Gasteiger partial charge in [0.05, 0.1) is 33.1 Å². The Morgan fingerprint density at radius 1 is 0.298 bits per heavy atom. The van der Waals surface area contributed by atoms with E-state index in [9.17, 15) is 0 Å². The lowest BCUT2D eigenvalue weighted by molar-refractivity contribution is 0.669. The van der Waals surface area contributed by atoms with Crippen LogP contribution in [-0.2, 0) is 0 Å². The number of hydrogen-bond acceptors (Lipinski definition) is 1. The number of benzene rings is 9. The third kappa shape index (κ3) is 4.86. The van der Waals surface area contributed by atoms with Crippen LogP contribution in [-0.4, -0.2) is 9.13 Å². The second-order valence-electron chi connectivity index (χ2n) is 14.9. The van der Waals surface area contributed by atoms with E-state index in [0.29, 0.717) is 0 Å². The number of rotatable bonds is 5. The maximum atomic E-state index is 6.33. The van der Waals surface area contributed by atoms with Gasteiger partial charge in [0.25, 0.3) is 0 Å². The van der Waals surface area contributed by atoms with E-state index in [-0.39, 0.29) is 0 Å². The van der Waals surface area contributed by atoms with Crippen molar-refractivity contribution in [3.8, 4) is 44.8 Å². The van der Waals surface area contributed by atoms with Crippen LogP contribution < -0.4 is 0 Å². The van der Waals surface area contributed by atoms with Crippen molar-refractivity contribution >= 4 is 65.6 Å². The lowest BCUT2D eigenvalue weighted by atomic mass is 9.97. The SMILES string of the molecule is c1ccc(-c2ccc(-n3c4ccc(-c5ccc6c(c5)c5ccccc5n6-c5cccc6oc7ccccc7c56)cc4c4c(-c5ccccc5)cccc43)cc2)cc1. The van der Waals surface area contributed by atoms with E-state index in [1.54, 1.807) is 0 Å². The van der Waals surface area contributed by atoms with Crippen LogP contribution in [0.5, 0.6) is 0 Å². The minimum absolute atomic E-state index is 0.894. The first-order valence-corrected chi connectivity index (χ1v) is 19.5. The number of furan rings is 1. The van der Waals surface area contributed by atoms with Gasteiger partial charge in [0, 0.05) is 32.6 Å². The summed E-state index contributed by atoms with van der Waals surface area (Å²) in [6.45, 7) is 0. The molecule has 0 N–H and O–H groups in total. The van der Waals surface area contributed by atoms with Crippen molar-refractivity contribution in [3.05, 3.63) is 206 Å². The molecule has 0 aliphatic heterocycles. The molecule has 0 amide bonds. The fraction of sp³-hybridized carbons (Fsp3) is 0. The molecule has 0 spiro atoms. The molecule has 0 aliphatic carbocycles. The summed E-state index contributed by atoms with van der Waals surface area (Å²) in [5.41, 5.74) is 16.0. The first kappa shape index (κ1) is 31.7. The standard InChI is InChI=1S/C54H34N2O/c1-3-13-35(14-4-1)36-25-29-40(30-26-36)55-48-32-28-39(34-45(48)53-41(19-11-21-49(53)55)37-15-5-2-6-16-37)38-27-31-47-44(33-38)42-17-7-9-20-46(42)56(47)50-22-12-24-52-54(50)43-18-8-10-23-51(43)57-52/h1-34H. The Labute approximate surface area is 328 Å². The molecular formula is C54H34N2O. The Balaban J connectivity index is 1.07. The third-order valence-corrected chi connectivity index (χ3v) is 11.7. The highest BCUT2D eigenvalue weighted by atomic mass is 16.3. The number of nitrogens with zero attached hydrogens (tertiary/aromatic N) is 2. The molecule has 0 fully saturated rings. The summed E-state index contributed by atoms with van der Waals surface area (Å²) in [6, 6.07) is 74.5. The molecule has 0 radical (unpaired) electrons. The van der Waals surface area contributed by atoms with Crippen LogP contribution in [0.15, 0.2) is 211 Å². The van der Waals surface area contributed by atoms with Gasteiger partial charge in [-0.1, -0.05) is 140 Å². The van der Waals surface area contributed by atoms with Gasteiger partial charge in [0.1, 0.15) is 11.2 Å². The molecule has 0 bridgehead atoms. The maximum absolute atomic E-state index is 6.33. The van der Waals surface area contributed by atoms with Crippen LogP contribution in [0.2, 0.25) is 0 Å². The molecule has 12 aromatic rings. The Kier molecular flexibility index (Phi) is 6.93. The molecule has 0 aliphatic rings. The third-order valence-electron chi connectivity index (χ3n) is 11.7. The minimum atomic E-state index is 0.894. The summed E-state index contributed by atoms with van der Waals surface area (Å²) in [6.07, 6.45) is 0. The summed E-state index contributed by atoms with van der Waals surface area (Å²) < 4.78 is 11.2. The van der Waals surface area contributed by atoms with E-state index in [0.717, 1.165) is 33.3 Å². The van der Waals surface area contributed by atoms with Crippen molar-refractivity contribution in [2.75, 3.05) is 0 Å². The predicted molar refractivity (Wildman–Crippen MR) is 239 cm³/mol.